The lowest BCUT2D eigenvalue weighted by atomic mass is 10.1. The Balaban J connectivity index is 1.62. The van der Waals surface area contributed by atoms with Crippen molar-refractivity contribution in [2.45, 2.75) is 45.6 Å². The van der Waals surface area contributed by atoms with Crippen molar-refractivity contribution in [1.29, 1.82) is 0 Å². The first kappa shape index (κ1) is 18.3. The Morgan fingerprint density at radius 2 is 1.96 bits per heavy atom. The normalized spacial score (nSPS) is 16.8. The second-order valence-corrected chi connectivity index (χ2v) is 7.67. The van der Waals surface area contributed by atoms with Crippen molar-refractivity contribution < 1.29 is 14.3 Å². The van der Waals surface area contributed by atoms with Crippen LogP contribution >= 0.6 is 11.6 Å². The number of halogens is 1. The van der Waals surface area contributed by atoms with Crippen LogP contribution in [0.4, 0.5) is 5.69 Å². The minimum absolute atomic E-state index is 0.0351. The van der Waals surface area contributed by atoms with Gasteiger partial charge < -0.3 is 14.8 Å². The van der Waals surface area contributed by atoms with Crippen molar-refractivity contribution in [3.63, 3.8) is 0 Å². The number of nitrogens with zero attached hydrogens (tertiary/aromatic N) is 1. The molecule has 0 unspecified atom stereocenters. The van der Waals surface area contributed by atoms with Crippen molar-refractivity contribution in [3.05, 3.63) is 17.2 Å². The molecule has 1 aliphatic carbocycles. The maximum Gasteiger partial charge on any atom is 0.238 e. The SMILES string of the molecule is CC(C)CCN(CC(=O)Nc1cc2c(cc1Cl)OCCCO2)C1CC1. The Kier molecular flexibility index (Phi) is 6.07. The van der Waals surface area contributed by atoms with Crippen LogP contribution in [0.1, 0.15) is 39.5 Å². The predicted octanol–water partition coefficient (Wildman–Crippen LogP) is 3.95. The van der Waals surface area contributed by atoms with E-state index in [1.807, 2.05) is 0 Å². The molecule has 1 aromatic carbocycles. The van der Waals surface area contributed by atoms with Gasteiger partial charge in [0.1, 0.15) is 0 Å². The third-order valence-electron chi connectivity index (χ3n) is 4.51. The monoisotopic (exact) mass is 366 g/mol. The molecule has 1 amide bonds. The number of benzene rings is 1. The molecular formula is C19H27ClN2O3. The molecule has 3 rings (SSSR count). The molecule has 1 N–H and O–H groups in total. The fourth-order valence-electron chi connectivity index (χ4n) is 2.91. The van der Waals surface area contributed by atoms with Gasteiger partial charge in [-0.05, 0) is 31.7 Å². The van der Waals surface area contributed by atoms with Gasteiger partial charge in [-0.15, -0.1) is 0 Å². The van der Waals surface area contributed by atoms with E-state index in [0.29, 0.717) is 53.9 Å². The molecule has 0 atom stereocenters. The third-order valence-corrected chi connectivity index (χ3v) is 4.83. The minimum atomic E-state index is -0.0351. The van der Waals surface area contributed by atoms with Crippen molar-refractivity contribution in [2.75, 3.05) is 31.6 Å². The maximum absolute atomic E-state index is 12.5. The van der Waals surface area contributed by atoms with E-state index in [2.05, 4.69) is 24.1 Å². The smallest absolute Gasteiger partial charge is 0.238 e. The van der Waals surface area contributed by atoms with Gasteiger partial charge in [0, 0.05) is 24.6 Å². The summed E-state index contributed by atoms with van der Waals surface area (Å²) >= 11 is 6.31. The van der Waals surface area contributed by atoms with Crippen LogP contribution in [0.2, 0.25) is 5.02 Å². The van der Waals surface area contributed by atoms with Crippen molar-refractivity contribution >= 4 is 23.2 Å². The third kappa shape index (κ3) is 5.25. The number of carbonyl (C=O) groups excluding carboxylic acids is 1. The van der Waals surface area contributed by atoms with E-state index in [1.165, 1.54) is 12.8 Å². The highest BCUT2D eigenvalue weighted by molar-refractivity contribution is 6.34. The van der Waals surface area contributed by atoms with Gasteiger partial charge in [-0.2, -0.15) is 0 Å². The lowest BCUT2D eigenvalue weighted by Gasteiger charge is -2.22. The number of hydrogen-bond acceptors (Lipinski definition) is 4. The zero-order valence-corrected chi connectivity index (χ0v) is 15.8. The van der Waals surface area contributed by atoms with E-state index in [4.69, 9.17) is 21.1 Å². The van der Waals surface area contributed by atoms with Gasteiger partial charge in [-0.1, -0.05) is 25.4 Å². The van der Waals surface area contributed by atoms with E-state index in [9.17, 15) is 4.79 Å². The van der Waals surface area contributed by atoms with E-state index >= 15 is 0 Å². The molecule has 138 valence electrons. The average Bonchev–Trinajstić information content (AvgIpc) is 3.39. The fraction of sp³-hybridized carbons (Fsp3) is 0.632. The summed E-state index contributed by atoms with van der Waals surface area (Å²) in [4.78, 5) is 14.8. The van der Waals surface area contributed by atoms with E-state index in [-0.39, 0.29) is 5.91 Å². The summed E-state index contributed by atoms with van der Waals surface area (Å²) in [5.41, 5.74) is 0.579. The summed E-state index contributed by atoms with van der Waals surface area (Å²) in [5.74, 6) is 1.88. The zero-order valence-electron chi connectivity index (χ0n) is 15.0. The quantitative estimate of drug-likeness (QED) is 0.793. The minimum Gasteiger partial charge on any atom is -0.490 e. The van der Waals surface area contributed by atoms with Gasteiger partial charge >= 0.3 is 0 Å². The first-order valence-corrected chi connectivity index (χ1v) is 9.54. The molecule has 0 radical (unpaired) electrons. The summed E-state index contributed by atoms with van der Waals surface area (Å²) < 4.78 is 11.3. The van der Waals surface area contributed by atoms with Crippen LogP contribution in [0, 0.1) is 5.92 Å². The summed E-state index contributed by atoms with van der Waals surface area (Å²) in [6.07, 6.45) is 4.32. The number of rotatable bonds is 7. The Hall–Kier alpha value is -1.46. The molecule has 1 heterocycles. The predicted molar refractivity (Wildman–Crippen MR) is 99.7 cm³/mol. The van der Waals surface area contributed by atoms with E-state index < -0.39 is 0 Å². The Morgan fingerprint density at radius 1 is 1.28 bits per heavy atom. The molecule has 1 fully saturated rings. The molecule has 1 aliphatic heterocycles. The van der Waals surface area contributed by atoms with Gasteiger partial charge in [0.05, 0.1) is 30.5 Å². The molecule has 2 aliphatic rings. The van der Waals surface area contributed by atoms with Crippen molar-refractivity contribution in [1.82, 2.24) is 4.90 Å². The van der Waals surface area contributed by atoms with E-state index in [0.717, 1.165) is 19.4 Å². The summed E-state index contributed by atoms with van der Waals surface area (Å²) in [6.45, 7) is 7.01. The highest BCUT2D eigenvalue weighted by atomic mass is 35.5. The van der Waals surface area contributed by atoms with Crippen LogP contribution < -0.4 is 14.8 Å². The molecule has 0 spiro atoms. The number of anilines is 1. The highest BCUT2D eigenvalue weighted by Gasteiger charge is 2.30. The lowest BCUT2D eigenvalue weighted by molar-refractivity contribution is -0.117. The molecule has 0 bridgehead atoms. The Morgan fingerprint density at radius 3 is 2.60 bits per heavy atom. The zero-order chi connectivity index (χ0) is 17.8. The van der Waals surface area contributed by atoms with Crippen molar-refractivity contribution in [3.8, 4) is 11.5 Å². The molecular weight excluding hydrogens is 340 g/mol. The second kappa shape index (κ2) is 8.28. The number of carbonyl (C=O) groups is 1. The summed E-state index contributed by atoms with van der Waals surface area (Å²) in [5, 5.41) is 3.40. The standard InChI is InChI=1S/C19H27ClN2O3/c1-13(2)6-7-22(14-4-5-14)12-19(23)21-16-11-18-17(10-15(16)20)24-8-3-9-25-18/h10-11,13-14H,3-9,12H2,1-2H3,(H,21,23). The van der Waals surface area contributed by atoms with Crippen LogP contribution in [0.15, 0.2) is 12.1 Å². The molecule has 6 heteroatoms. The van der Waals surface area contributed by atoms with Crippen LogP contribution in [-0.4, -0.2) is 43.2 Å². The van der Waals surface area contributed by atoms with Crippen LogP contribution in [0.5, 0.6) is 11.5 Å². The molecule has 5 nitrogen and oxygen atoms in total. The molecule has 1 saturated carbocycles. The molecule has 1 aromatic rings. The van der Waals surface area contributed by atoms with Crippen LogP contribution in [0.25, 0.3) is 0 Å². The van der Waals surface area contributed by atoms with Crippen molar-refractivity contribution in [2.24, 2.45) is 5.92 Å². The number of fused-ring (bicyclic) bond motifs is 1. The topological polar surface area (TPSA) is 50.8 Å². The number of ether oxygens (including phenoxy) is 2. The Bertz CT molecular complexity index is 617. The van der Waals surface area contributed by atoms with Gasteiger partial charge in [0.15, 0.2) is 11.5 Å². The largest absolute Gasteiger partial charge is 0.490 e. The summed E-state index contributed by atoms with van der Waals surface area (Å²) in [6, 6.07) is 4.04. The number of hydrogen-bond donors (Lipinski definition) is 1. The maximum atomic E-state index is 12.5. The highest BCUT2D eigenvalue weighted by Crippen LogP contribution is 2.37. The lowest BCUT2D eigenvalue weighted by Crippen LogP contribution is -2.36. The van der Waals surface area contributed by atoms with E-state index in [1.54, 1.807) is 12.1 Å². The molecule has 0 saturated heterocycles. The number of nitrogens with one attached hydrogen (secondary N) is 1. The van der Waals surface area contributed by atoms with Crippen LogP contribution in [-0.2, 0) is 4.79 Å². The number of amides is 1. The van der Waals surface area contributed by atoms with Gasteiger partial charge in [0.25, 0.3) is 0 Å². The average molecular weight is 367 g/mol. The first-order chi connectivity index (χ1) is 12.0. The van der Waals surface area contributed by atoms with Gasteiger partial charge in [0.2, 0.25) is 5.91 Å². The van der Waals surface area contributed by atoms with Crippen LogP contribution in [0.3, 0.4) is 0 Å². The first-order valence-electron chi connectivity index (χ1n) is 9.16. The molecule has 0 aromatic heterocycles. The second-order valence-electron chi connectivity index (χ2n) is 7.26. The van der Waals surface area contributed by atoms with Gasteiger partial charge in [-0.3, -0.25) is 9.69 Å². The summed E-state index contributed by atoms with van der Waals surface area (Å²) in [7, 11) is 0. The molecule has 25 heavy (non-hydrogen) atoms. The fourth-order valence-corrected chi connectivity index (χ4v) is 3.11. The van der Waals surface area contributed by atoms with Gasteiger partial charge in [-0.25, -0.2) is 0 Å². The Labute approximate surface area is 154 Å².